The first-order valence-corrected chi connectivity index (χ1v) is 6.32. The van der Waals surface area contributed by atoms with Gasteiger partial charge >= 0.3 is 5.97 Å². The molecule has 0 fully saturated rings. The van der Waals surface area contributed by atoms with Crippen molar-refractivity contribution in [1.82, 2.24) is 5.32 Å². The molecule has 1 aromatic rings. The molecule has 3 N–H and O–H groups in total. The van der Waals surface area contributed by atoms with Crippen molar-refractivity contribution in [2.45, 2.75) is 25.7 Å². The largest absolute Gasteiger partial charge is 0.481 e. The van der Waals surface area contributed by atoms with Gasteiger partial charge in [0.05, 0.1) is 6.42 Å². The molecule has 6 heteroatoms. The van der Waals surface area contributed by atoms with Gasteiger partial charge in [0.2, 0.25) is 11.8 Å². The number of carbonyl (C=O) groups is 3. The Kier molecular flexibility index (Phi) is 6.22. The van der Waals surface area contributed by atoms with Gasteiger partial charge in [0, 0.05) is 25.6 Å². The Hall–Kier alpha value is -2.37. The summed E-state index contributed by atoms with van der Waals surface area (Å²) in [4.78, 5) is 32.9. The Labute approximate surface area is 117 Å². The molecule has 0 aliphatic rings. The molecule has 0 heterocycles. The number of carboxylic acids is 1. The second-order valence-electron chi connectivity index (χ2n) is 4.31. The second-order valence-corrected chi connectivity index (χ2v) is 4.31. The first kappa shape index (κ1) is 15.7. The van der Waals surface area contributed by atoms with E-state index in [4.69, 9.17) is 5.11 Å². The number of benzene rings is 1. The SMILES string of the molecule is CNC(=O)CCc1ccc(NC(=O)CCC(=O)O)cc1. The fraction of sp³-hybridized carbons (Fsp3) is 0.357. The number of carboxylic acid groups (broad SMARTS) is 1. The van der Waals surface area contributed by atoms with Gasteiger partial charge in [-0.2, -0.15) is 0 Å². The minimum atomic E-state index is -0.996. The molecule has 0 atom stereocenters. The van der Waals surface area contributed by atoms with E-state index in [0.717, 1.165) is 5.56 Å². The number of aryl methyl sites for hydroxylation is 1. The average Bonchev–Trinajstić information content (AvgIpc) is 2.44. The first-order valence-electron chi connectivity index (χ1n) is 6.32. The molecule has 0 saturated heterocycles. The molecule has 0 radical (unpaired) electrons. The van der Waals surface area contributed by atoms with Crippen LogP contribution in [0.3, 0.4) is 0 Å². The zero-order chi connectivity index (χ0) is 15.0. The zero-order valence-corrected chi connectivity index (χ0v) is 11.3. The van der Waals surface area contributed by atoms with Gasteiger partial charge in [0.1, 0.15) is 0 Å². The highest BCUT2D eigenvalue weighted by Gasteiger charge is 2.06. The number of hydrogen-bond acceptors (Lipinski definition) is 3. The molecule has 2 amide bonds. The molecular weight excluding hydrogens is 260 g/mol. The summed E-state index contributed by atoms with van der Waals surface area (Å²) in [5, 5.41) is 13.6. The highest BCUT2D eigenvalue weighted by Crippen LogP contribution is 2.11. The normalized spacial score (nSPS) is 9.85. The van der Waals surface area contributed by atoms with Gasteiger partial charge in [-0.25, -0.2) is 0 Å². The minimum Gasteiger partial charge on any atom is -0.481 e. The van der Waals surface area contributed by atoms with E-state index in [-0.39, 0.29) is 24.7 Å². The van der Waals surface area contributed by atoms with Crippen LogP contribution in [-0.4, -0.2) is 29.9 Å². The van der Waals surface area contributed by atoms with Crippen LogP contribution in [0.15, 0.2) is 24.3 Å². The monoisotopic (exact) mass is 278 g/mol. The zero-order valence-electron chi connectivity index (χ0n) is 11.3. The molecule has 0 aliphatic carbocycles. The van der Waals surface area contributed by atoms with Crippen LogP contribution in [0, 0.1) is 0 Å². The van der Waals surface area contributed by atoms with E-state index in [2.05, 4.69) is 10.6 Å². The Morgan fingerprint density at radius 3 is 2.20 bits per heavy atom. The summed E-state index contributed by atoms with van der Waals surface area (Å²) in [6.45, 7) is 0. The van der Waals surface area contributed by atoms with Crippen LogP contribution in [-0.2, 0) is 20.8 Å². The Morgan fingerprint density at radius 2 is 1.65 bits per heavy atom. The molecule has 108 valence electrons. The molecule has 20 heavy (non-hydrogen) atoms. The van der Waals surface area contributed by atoms with Crippen LogP contribution >= 0.6 is 0 Å². The molecule has 0 aromatic heterocycles. The molecule has 0 bridgehead atoms. The maximum atomic E-state index is 11.4. The third-order valence-corrected chi connectivity index (χ3v) is 2.72. The smallest absolute Gasteiger partial charge is 0.303 e. The Balaban J connectivity index is 2.43. The second kappa shape index (κ2) is 7.93. The highest BCUT2D eigenvalue weighted by molar-refractivity contribution is 5.92. The van der Waals surface area contributed by atoms with Gasteiger partial charge in [-0.05, 0) is 24.1 Å². The lowest BCUT2D eigenvalue weighted by molar-refractivity contribution is -0.138. The summed E-state index contributed by atoms with van der Waals surface area (Å²) in [5.41, 5.74) is 1.61. The maximum absolute atomic E-state index is 11.4. The fourth-order valence-electron chi connectivity index (χ4n) is 1.58. The summed E-state index contributed by atoms with van der Waals surface area (Å²) in [6, 6.07) is 7.13. The van der Waals surface area contributed by atoms with Gasteiger partial charge in [-0.1, -0.05) is 12.1 Å². The third-order valence-electron chi connectivity index (χ3n) is 2.72. The summed E-state index contributed by atoms with van der Waals surface area (Å²) in [5.74, 6) is -1.34. The third kappa shape index (κ3) is 5.99. The van der Waals surface area contributed by atoms with Crippen LogP contribution in [0.1, 0.15) is 24.8 Å². The molecule has 0 spiro atoms. The van der Waals surface area contributed by atoms with Crippen molar-refractivity contribution in [3.05, 3.63) is 29.8 Å². The van der Waals surface area contributed by atoms with Crippen LogP contribution < -0.4 is 10.6 Å². The van der Waals surface area contributed by atoms with Crippen molar-refractivity contribution in [2.75, 3.05) is 12.4 Å². The number of anilines is 1. The number of hydrogen-bond donors (Lipinski definition) is 3. The molecule has 6 nitrogen and oxygen atoms in total. The van der Waals surface area contributed by atoms with Crippen molar-refractivity contribution in [3.63, 3.8) is 0 Å². The van der Waals surface area contributed by atoms with E-state index in [0.29, 0.717) is 18.5 Å². The van der Waals surface area contributed by atoms with Crippen molar-refractivity contribution in [2.24, 2.45) is 0 Å². The van der Waals surface area contributed by atoms with Gasteiger partial charge in [-0.15, -0.1) is 0 Å². The molecule has 0 unspecified atom stereocenters. The summed E-state index contributed by atoms with van der Waals surface area (Å²) < 4.78 is 0. The van der Waals surface area contributed by atoms with Crippen LogP contribution in [0.4, 0.5) is 5.69 Å². The number of carbonyl (C=O) groups excluding carboxylic acids is 2. The number of amides is 2. The lowest BCUT2D eigenvalue weighted by Gasteiger charge is -2.06. The number of rotatable bonds is 7. The van der Waals surface area contributed by atoms with Crippen molar-refractivity contribution in [1.29, 1.82) is 0 Å². The molecule has 0 saturated carbocycles. The summed E-state index contributed by atoms with van der Waals surface area (Å²) >= 11 is 0. The summed E-state index contributed by atoms with van der Waals surface area (Å²) in [6.07, 6.45) is 0.817. The van der Waals surface area contributed by atoms with Crippen molar-refractivity contribution in [3.8, 4) is 0 Å². The van der Waals surface area contributed by atoms with Gasteiger partial charge in [0.25, 0.3) is 0 Å². The van der Waals surface area contributed by atoms with Gasteiger partial charge < -0.3 is 15.7 Å². The van der Waals surface area contributed by atoms with Crippen molar-refractivity contribution >= 4 is 23.5 Å². The lowest BCUT2D eigenvalue weighted by Crippen LogP contribution is -2.17. The first-order chi connectivity index (χ1) is 9.51. The topological polar surface area (TPSA) is 95.5 Å². The van der Waals surface area contributed by atoms with E-state index in [1.807, 2.05) is 12.1 Å². The van der Waals surface area contributed by atoms with E-state index in [1.54, 1.807) is 19.2 Å². The standard InChI is InChI=1S/C14H18N2O4/c1-15-12(17)7-4-10-2-5-11(6-3-10)16-13(18)8-9-14(19)20/h2-3,5-6H,4,7-9H2,1H3,(H,15,17)(H,16,18)(H,19,20). The van der Waals surface area contributed by atoms with Crippen molar-refractivity contribution < 1.29 is 19.5 Å². The van der Waals surface area contributed by atoms with Crippen LogP contribution in [0.2, 0.25) is 0 Å². The lowest BCUT2D eigenvalue weighted by atomic mass is 10.1. The molecule has 1 aromatic carbocycles. The Bertz CT molecular complexity index is 482. The molecular formula is C14H18N2O4. The maximum Gasteiger partial charge on any atom is 0.303 e. The highest BCUT2D eigenvalue weighted by atomic mass is 16.4. The van der Waals surface area contributed by atoms with E-state index < -0.39 is 5.97 Å². The van der Waals surface area contributed by atoms with Gasteiger partial charge in [0.15, 0.2) is 0 Å². The van der Waals surface area contributed by atoms with Crippen LogP contribution in [0.25, 0.3) is 0 Å². The number of aliphatic carboxylic acids is 1. The van der Waals surface area contributed by atoms with Gasteiger partial charge in [-0.3, -0.25) is 14.4 Å². The predicted molar refractivity (Wildman–Crippen MR) is 74.3 cm³/mol. The molecule has 0 aliphatic heterocycles. The average molecular weight is 278 g/mol. The quantitative estimate of drug-likeness (QED) is 0.697. The number of nitrogens with one attached hydrogen (secondary N) is 2. The van der Waals surface area contributed by atoms with E-state index >= 15 is 0 Å². The summed E-state index contributed by atoms with van der Waals surface area (Å²) in [7, 11) is 1.60. The van der Waals surface area contributed by atoms with E-state index in [1.165, 1.54) is 0 Å². The minimum absolute atomic E-state index is 0.0175. The molecule has 1 rings (SSSR count). The van der Waals surface area contributed by atoms with E-state index in [9.17, 15) is 14.4 Å². The Morgan fingerprint density at radius 1 is 1.00 bits per heavy atom. The van der Waals surface area contributed by atoms with Crippen LogP contribution in [0.5, 0.6) is 0 Å². The fourth-order valence-corrected chi connectivity index (χ4v) is 1.58. The predicted octanol–water partition coefficient (Wildman–Crippen LogP) is 1.17.